The van der Waals surface area contributed by atoms with Gasteiger partial charge in [0.15, 0.2) is 0 Å². The molecule has 0 aliphatic rings. The molecular formula is C15H18FN3. The maximum atomic E-state index is 13.0. The number of benzene rings is 1. The molecule has 0 radical (unpaired) electrons. The second-order valence-electron chi connectivity index (χ2n) is 4.46. The van der Waals surface area contributed by atoms with Gasteiger partial charge >= 0.3 is 0 Å². The summed E-state index contributed by atoms with van der Waals surface area (Å²) in [4.78, 5) is 6.44. The summed E-state index contributed by atoms with van der Waals surface area (Å²) < 4.78 is 13.0. The maximum Gasteiger partial charge on any atom is 0.132 e. The Bertz CT molecular complexity index is 520. The molecule has 1 atom stereocenters. The van der Waals surface area contributed by atoms with Gasteiger partial charge < -0.3 is 10.6 Å². The number of hydrogen-bond donors (Lipinski definition) is 1. The van der Waals surface area contributed by atoms with E-state index in [-0.39, 0.29) is 11.9 Å². The van der Waals surface area contributed by atoms with Crippen molar-refractivity contribution in [1.29, 1.82) is 0 Å². The number of anilines is 2. The molecule has 0 aliphatic carbocycles. The van der Waals surface area contributed by atoms with Gasteiger partial charge in [-0.1, -0.05) is 6.07 Å². The molecule has 1 unspecified atom stereocenters. The van der Waals surface area contributed by atoms with Crippen molar-refractivity contribution in [1.82, 2.24) is 4.98 Å². The van der Waals surface area contributed by atoms with Gasteiger partial charge in [-0.2, -0.15) is 0 Å². The molecule has 1 heterocycles. The van der Waals surface area contributed by atoms with E-state index in [1.54, 1.807) is 18.3 Å². The molecule has 2 aromatic rings. The van der Waals surface area contributed by atoms with E-state index in [2.05, 4.69) is 4.98 Å². The van der Waals surface area contributed by atoms with E-state index in [1.165, 1.54) is 12.1 Å². The highest BCUT2D eigenvalue weighted by atomic mass is 19.1. The normalized spacial score (nSPS) is 12.2. The lowest BCUT2D eigenvalue weighted by atomic mass is 10.1. The van der Waals surface area contributed by atoms with Crippen LogP contribution in [0.2, 0.25) is 0 Å². The van der Waals surface area contributed by atoms with E-state index in [0.29, 0.717) is 0 Å². The van der Waals surface area contributed by atoms with E-state index in [0.717, 1.165) is 23.6 Å². The summed E-state index contributed by atoms with van der Waals surface area (Å²) >= 11 is 0. The third kappa shape index (κ3) is 3.09. The highest BCUT2D eigenvalue weighted by molar-refractivity contribution is 5.59. The van der Waals surface area contributed by atoms with Crippen LogP contribution in [0.1, 0.15) is 25.5 Å². The van der Waals surface area contributed by atoms with Gasteiger partial charge in [0.05, 0.1) is 0 Å². The number of rotatable bonds is 4. The zero-order valence-electron chi connectivity index (χ0n) is 11.2. The van der Waals surface area contributed by atoms with E-state index < -0.39 is 0 Å². The van der Waals surface area contributed by atoms with Gasteiger partial charge in [-0.3, -0.25) is 0 Å². The smallest absolute Gasteiger partial charge is 0.132 e. The van der Waals surface area contributed by atoms with E-state index >= 15 is 0 Å². The second-order valence-corrected chi connectivity index (χ2v) is 4.46. The zero-order valence-corrected chi connectivity index (χ0v) is 11.2. The summed E-state index contributed by atoms with van der Waals surface area (Å²) in [6, 6.07) is 10.3. The molecular weight excluding hydrogens is 241 g/mol. The predicted octanol–water partition coefficient (Wildman–Crippen LogP) is 3.40. The largest absolute Gasteiger partial charge is 0.327 e. The molecule has 1 aromatic carbocycles. The predicted molar refractivity (Wildman–Crippen MR) is 75.9 cm³/mol. The van der Waals surface area contributed by atoms with Crippen molar-refractivity contribution in [2.24, 2.45) is 5.73 Å². The molecule has 0 spiro atoms. The fraction of sp³-hybridized carbons (Fsp3) is 0.267. The monoisotopic (exact) mass is 259 g/mol. The molecule has 0 fully saturated rings. The molecule has 100 valence electrons. The fourth-order valence-electron chi connectivity index (χ4n) is 1.92. The van der Waals surface area contributed by atoms with Gasteiger partial charge in [0.2, 0.25) is 0 Å². The Morgan fingerprint density at radius 2 is 1.89 bits per heavy atom. The van der Waals surface area contributed by atoms with Gasteiger partial charge in [-0.15, -0.1) is 0 Å². The standard InChI is InChI=1S/C15H18FN3/c1-3-19(14-7-5-13(16)6-8-14)15-9-4-12(10-18-15)11(2)17/h4-11H,3,17H2,1-2H3. The Morgan fingerprint density at radius 3 is 2.37 bits per heavy atom. The third-order valence-electron chi connectivity index (χ3n) is 3.03. The highest BCUT2D eigenvalue weighted by Gasteiger charge is 2.09. The topological polar surface area (TPSA) is 42.1 Å². The van der Waals surface area contributed by atoms with E-state index in [1.807, 2.05) is 30.9 Å². The average Bonchev–Trinajstić information content (AvgIpc) is 2.42. The lowest BCUT2D eigenvalue weighted by Crippen LogP contribution is -2.17. The van der Waals surface area contributed by atoms with Gasteiger partial charge in [0.25, 0.3) is 0 Å². The van der Waals surface area contributed by atoms with Crippen molar-refractivity contribution < 1.29 is 4.39 Å². The highest BCUT2D eigenvalue weighted by Crippen LogP contribution is 2.24. The van der Waals surface area contributed by atoms with Crippen LogP contribution in [-0.2, 0) is 0 Å². The molecule has 3 nitrogen and oxygen atoms in total. The first kappa shape index (κ1) is 13.5. The van der Waals surface area contributed by atoms with Gasteiger partial charge in [-0.05, 0) is 49.7 Å². The summed E-state index contributed by atoms with van der Waals surface area (Å²) in [6.07, 6.45) is 1.78. The Labute approximate surface area is 112 Å². The third-order valence-corrected chi connectivity index (χ3v) is 3.03. The van der Waals surface area contributed by atoms with Crippen molar-refractivity contribution in [2.75, 3.05) is 11.4 Å². The van der Waals surface area contributed by atoms with Crippen LogP contribution in [0.15, 0.2) is 42.6 Å². The minimum Gasteiger partial charge on any atom is -0.327 e. The molecule has 0 bridgehead atoms. The van der Waals surface area contributed by atoms with Crippen LogP contribution < -0.4 is 10.6 Å². The van der Waals surface area contributed by atoms with Gasteiger partial charge in [-0.25, -0.2) is 9.37 Å². The summed E-state index contributed by atoms with van der Waals surface area (Å²) in [5.41, 5.74) is 7.73. The molecule has 0 aliphatic heterocycles. The number of nitrogens with two attached hydrogens (primary N) is 1. The first-order chi connectivity index (χ1) is 9.11. The number of hydrogen-bond acceptors (Lipinski definition) is 3. The summed E-state index contributed by atoms with van der Waals surface area (Å²) in [5.74, 6) is 0.596. The quantitative estimate of drug-likeness (QED) is 0.915. The van der Waals surface area contributed by atoms with Gasteiger partial charge in [0.1, 0.15) is 11.6 Å². The minimum atomic E-state index is -0.236. The summed E-state index contributed by atoms with van der Waals surface area (Å²) in [6.45, 7) is 4.72. The van der Waals surface area contributed by atoms with Crippen molar-refractivity contribution in [2.45, 2.75) is 19.9 Å². The Kier molecular flexibility index (Phi) is 4.12. The van der Waals surface area contributed by atoms with Gasteiger partial charge in [0, 0.05) is 24.5 Å². The second kappa shape index (κ2) is 5.80. The zero-order chi connectivity index (χ0) is 13.8. The van der Waals surface area contributed by atoms with Crippen molar-refractivity contribution >= 4 is 11.5 Å². The molecule has 0 saturated carbocycles. The average molecular weight is 259 g/mol. The van der Waals surface area contributed by atoms with Crippen LogP contribution in [-0.4, -0.2) is 11.5 Å². The van der Waals surface area contributed by atoms with Crippen LogP contribution in [0.5, 0.6) is 0 Å². The Balaban J connectivity index is 2.28. The van der Waals surface area contributed by atoms with E-state index in [9.17, 15) is 4.39 Å². The van der Waals surface area contributed by atoms with Crippen LogP contribution in [0, 0.1) is 5.82 Å². The lowest BCUT2D eigenvalue weighted by Gasteiger charge is -2.22. The SMILES string of the molecule is CCN(c1ccc(F)cc1)c1ccc(C(C)N)cn1. The van der Waals surface area contributed by atoms with Crippen LogP contribution >= 0.6 is 0 Å². The molecule has 1 aromatic heterocycles. The first-order valence-corrected chi connectivity index (χ1v) is 6.36. The molecule has 0 saturated heterocycles. The fourth-order valence-corrected chi connectivity index (χ4v) is 1.92. The minimum absolute atomic E-state index is 0.0255. The van der Waals surface area contributed by atoms with E-state index in [4.69, 9.17) is 5.73 Å². The number of pyridine rings is 1. The van der Waals surface area contributed by atoms with Crippen molar-refractivity contribution in [3.63, 3.8) is 0 Å². The van der Waals surface area contributed by atoms with Crippen LogP contribution in [0.4, 0.5) is 15.9 Å². The first-order valence-electron chi connectivity index (χ1n) is 6.36. The molecule has 19 heavy (non-hydrogen) atoms. The summed E-state index contributed by atoms with van der Waals surface area (Å²) in [5, 5.41) is 0. The van der Waals surface area contributed by atoms with Crippen molar-refractivity contribution in [3.05, 3.63) is 54.0 Å². The number of halogens is 1. The molecule has 2 N–H and O–H groups in total. The Morgan fingerprint density at radius 1 is 1.21 bits per heavy atom. The Hall–Kier alpha value is -1.94. The molecule has 2 rings (SSSR count). The van der Waals surface area contributed by atoms with Crippen molar-refractivity contribution in [3.8, 4) is 0 Å². The number of nitrogens with zero attached hydrogens (tertiary/aromatic N) is 2. The maximum absolute atomic E-state index is 13.0. The lowest BCUT2D eigenvalue weighted by molar-refractivity contribution is 0.628. The molecule has 0 amide bonds. The number of aromatic nitrogens is 1. The molecule has 4 heteroatoms. The van der Waals surface area contributed by atoms with Crippen LogP contribution in [0.25, 0.3) is 0 Å². The van der Waals surface area contributed by atoms with Crippen LogP contribution in [0.3, 0.4) is 0 Å². The summed E-state index contributed by atoms with van der Waals surface area (Å²) in [7, 11) is 0.